The van der Waals surface area contributed by atoms with Crippen LogP contribution < -0.4 is 0 Å². The van der Waals surface area contributed by atoms with Gasteiger partial charge in [0.2, 0.25) is 0 Å². The van der Waals surface area contributed by atoms with E-state index in [0.29, 0.717) is 5.76 Å². The van der Waals surface area contributed by atoms with E-state index in [1.54, 1.807) is 12.4 Å². The molecule has 0 spiro atoms. The van der Waals surface area contributed by atoms with Gasteiger partial charge in [-0.1, -0.05) is 17.3 Å². The van der Waals surface area contributed by atoms with E-state index in [2.05, 4.69) is 10.1 Å². The maximum absolute atomic E-state index is 10.7. The third kappa shape index (κ3) is 1.71. The third-order valence-corrected chi connectivity index (χ3v) is 2.65. The molecular weight excluding hydrogens is 232 g/mol. The van der Waals surface area contributed by atoms with Gasteiger partial charge < -0.3 is 9.63 Å². The van der Waals surface area contributed by atoms with Crippen molar-refractivity contribution in [3.8, 4) is 11.3 Å². The lowest BCUT2D eigenvalue weighted by atomic mass is 10.1. The maximum atomic E-state index is 10.7. The lowest BCUT2D eigenvalue weighted by Crippen LogP contribution is -1.94. The van der Waals surface area contributed by atoms with E-state index in [-0.39, 0.29) is 5.69 Å². The van der Waals surface area contributed by atoms with Crippen molar-refractivity contribution in [1.82, 2.24) is 10.1 Å². The first-order valence-electron chi connectivity index (χ1n) is 5.28. The molecule has 5 heteroatoms. The Bertz CT molecular complexity index is 734. The molecule has 0 unspecified atom stereocenters. The molecule has 3 rings (SSSR count). The van der Waals surface area contributed by atoms with E-state index < -0.39 is 5.97 Å². The lowest BCUT2D eigenvalue weighted by Gasteiger charge is -1.99. The second-order valence-electron chi connectivity index (χ2n) is 3.82. The highest BCUT2D eigenvalue weighted by Gasteiger charge is 2.12. The van der Waals surface area contributed by atoms with Crippen molar-refractivity contribution < 1.29 is 14.4 Å². The molecule has 2 aromatic heterocycles. The number of pyridine rings is 1. The third-order valence-electron chi connectivity index (χ3n) is 2.65. The average Bonchev–Trinajstić information content (AvgIpc) is 2.88. The molecule has 2 heterocycles. The molecule has 0 amide bonds. The summed E-state index contributed by atoms with van der Waals surface area (Å²) in [6, 6.07) is 8.97. The molecule has 0 aliphatic rings. The standard InChI is InChI=1S/C13H8N2O3/c16-13(17)11-6-12(18-15-11)9-2-1-8-3-4-14-7-10(8)5-9/h1-7H,(H,16,17). The number of hydrogen-bond donors (Lipinski definition) is 1. The van der Waals surface area contributed by atoms with E-state index in [1.807, 2.05) is 24.3 Å². The Morgan fingerprint density at radius 3 is 2.83 bits per heavy atom. The predicted octanol–water partition coefficient (Wildman–Crippen LogP) is 2.59. The van der Waals surface area contributed by atoms with Crippen molar-refractivity contribution in [3.63, 3.8) is 0 Å². The number of aromatic carboxylic acids is 1. The van der Waals surface area contributed by atoms with Crippen molar-refractivity contribution in [2.75, 3.05) is 0 Å². The summed E-state index contributed by atoms with van der Waals surface area (Å²) in [5, 5.41) is 14.3. The van der Waals surface area contributed by atoms with E-state index in [0.717, 1.165) is 16.3 Å². The highest BCUT2D eigenvalue weighted by Crippen LogP contribution is 2.24. The van der Waals surface area contributed by atoms with Crippen molar-refractivity contribution in [1.29, 1.82) is 0 Å². The van der Waals surface area contributed by atoms with Crippen LogP contribution in [0.15, 0.2) is 47.2 Å². The molecule has 0 radical (unpaired) electrons. The minimum atomic E-state index is -1.10. The summed E-state index contributed by atoms with van der Waals surface area (Å²) in [5.74, 6) is -0.675. The van der Waals surface area contributed by atoms with Gasteiger partial charge in [-0.3, -0.25) is 4.98 Å². The second-order valence-corrected chi connectivity index (χ2v) is 3.82. The summed E-state index contributed by atoms with van der Waals surface area (Å²) in [5.41, 5.74) is 0.673. The van der Waals surface area contributed by atoms with Crippen LogP contribution in [0.2, 0.25) is 0 Å². The van der Waals surface area contributed by atoms with Gasteiger partial charge in [0.05, 0.1) is 0 Å². The SMILES string of the molecule is O=C(O)c1cc(-c2ccc3ccncc3c2)on1. The summed E-state index contributed by atoms with van der Waals surface area (Å²) < 4.78 is 5.01. The Balaban J connectivity index is 2.10. The first-order chi connectivity index (χ1) is 8.74. The van der Waals surface area contributed by atoms with Crippen LogP contribution in [0.3, 0.4) is 0 Å². The van der Waals surface area contributed by atoms with Crippen LogP contribution >= 0.6 is 0 Å². The van der Waals surface area contributed by atoms with E-state index in [1.165, 1.54) is 6.07 Å². The van der Waals surface area contributed by atoms with Gasteiger partial charge in [0, 0.05) is 29.4 Å². The van der Waals surface area contributed by atoms with Crippen LogP contribution in [0.1, 0.15) is 10.5 Å². The quantitative estimate of drug-likeness (QED) is 0.745. The Morgan fingerprint density at radius 1 is 1.17 bits per heavy atom. The number of fused-ring (bicyclic) bond motifs is 1. The Labute approximate surface area is 102 Å². The summed E-state index contributed by atoms with van der Waals surface area (Å²) in [6.07, 6.45) is 3.46. The van der Waals surface area contributed by atoms with Crippen molar-refractivity contribution >= 4 is 16.7 Å². The van der Waals surface area contributed by atoms with Gasteiger partial charge in [0.1, 0.15) is 0 Å². The molecule has 5 nitrogen and oxygen atoms in total. The number of nitrogens with zero attached hydrogens (tertiary/aromatic N) is 2. The number of benzene rings is 1. The van der Waals surface area contributed by atoms with Crippen LogP contribution in [0, 0.1) is 0 Å². The van der Waals surface area contributed by atoms with Crippen molar-refractivity contribution in [2.24, 2.45) is 0 Å². The minimum Gasteiger partial charge on any atom is -0.476 e. The van der Waals surface area contributed by atoms with Crippen LogP contribution in [0.4, 0.5) is 0 Å². The van der Waals surface area contributed by atoms with Crippen molar-refractivity contribution in [3.05, 3.63) is 48.4 Å². The number of aromatic nitrogens is 2. The summed E-state index contributed by atoms with van der Waals surface area (Å²) >= 11 is 0. The molecule has 1 N–H and O–H groups in total. The first kappa shape index (κ1) is 10.5. The molecule has 0 saturated carbocycles. The molecule has 0 aliphatic heterocycles. The fourth-order valence-corrected chi connectivity index (χ4v) is 1.75. The molecule has 0 atom stereocenters. The number of hydrogen-bond acceptors (Lipinski definition) is 4. The molecular formula is C13H8N2O3. The average molecular weight is 240 g/mol. The zero-order chi connectivity index (χ0) is 12.5. The summed E-state index contributed by atoms with van der Waals surface area (Å²) in [7, 11) is 0. The topological polar surface area (TPSA) is 76.2 Å². The zero-order valence-electron chi connectivity index (χ0n) is 9.20. The van der Waals surface area contributed by atoms with Gasteiger partial charge >= 0.3 is 5.97 Å². The number of carbonyl (C=O) groups is 1. The van der Waals surface area contributed by atoms with Gasteiger partial charge in [-0.2, -0.15) is 0 Å². The fraction of sp³-hybridized carbons (Fsp3) is 0. The summed E-state index contributed by atoms with van der Waals surface area (Å²) in [4.78, 5) is 14.8. The number of carboxylic acids is 1. The largest absolute Gasteiger partial charge is 0.476 e. The molecule has 0 bridgehead atoms. The van der Waals surface area contributed by atoms with Gasteiger partial charge in [-0.25, -0.2) is 4.79 Å². The summed E-state index contributed by atoms with van der Waals surface area (Å²) in [6.45, 7) is 0. The Morgan fingerprint density at radius 2 is 2.06 bits per heavy atom. The molecule has 1 aromatic carbocycles. The normalized spacial score (nSPS) is 10.7. The van der Waals surface area contributed by atoms with Gasteiger partial charge in [-0.15, -0.1) is 0 Å². The minimum absolute atomic E-state index is 0.101. The number of carboxylic acid groups (broad SMARTS) is 1. The lowest BCUT2D eigenvalue weighted by molar-refractivity contribution is 0.0686. The van der Waals surface area contributed by atoms with Crippen LogP contribution in [-0.4, -0.2) is 21.2 Å². The van der Waals surface area contributed by atoms with E-state index in [9.17, 15) is 4.79 Å². The smallest absolute Gasteiger partial charge is 0.358 e. The molecule has 3 aromatic rings. The highest BCUT2D eigenvalue weighted by molar-refractivity contribution is 5.88. The van der Waals surface area contributed by atoms with Crippen molar-refractivity contribution in [2.45, 2.75) is 0 Å². The molecule has 88 valence electrons. The van der Waals surface area contributed by atoms with Crippen LogP contribution in [-0.2, 0) is 0 Å². The Kier molecular flexibility index (Phi) is 2.30. The van der Waals surface area contributed by atoms with Gasteiger partial charge in [0.15, 0.2) is 11.5 Å². The second kappa shape index (κ2) is 3.96. The molecule has 0 aliphatic carbocycles. The monoisotopic (exact) mass is 240 g/mol. The van der Waals surface area contributed by atoms with Gasteiger partial charge in [-0.05, 0) is 17.5 Å². The zero-order valence-corrected chi connectivity index (χ0v) is 9.20. The van der Waals surface area contributed by atoms with E-state index >= 15 is 0 Å². The number of rotatable bonds is 2. The van der Waals surface area contributed by atoms with Crippen LogP contribution in [0.5, 0.6) is 0 Å². The van der Waals surface area contributed by atoms with Crippen LogP contribution in [0.25, 0.3) is 22.1 Å². The fourth-order valence-electron chi connectivity index (χ4n) is 1.75. The maximum Gasteiger partial charge on any atom is 0.358 e. The molecule has 18 heavy (non-hydrogen) atoms. The molecule has 0 saturated heterocycles. The predicted molar refractivity (Wildman–Crippen MR) is 64.2 cm³/mol. The van der Waals surface area contributed by atoms with E-state index in [4.69, 9.17) is 9.63 Å². The first-order valence-corrected chi connectivity index (χ1v) is 5.28. The molecule has 0 fully saturated rings. The van der Waals surface area contributed by atoms with Gasteiger partial charge in [0.25, 0.3) is 0 Å². The Hall–Kier alpha value is -2.69. The highest BCUT2D eigenvalue weighted by atomic mass is 16.5.